The average Bonchev–Trinajstić information content (AvgIpc) is 3.04. The summed E-state index contributed by atoms with van der Waals surface area (Å²) in [6.45, 7) is 10.2. The second-order valence-corrected chi connectivity index (χ2v) is 9.13. The number of aromatic amines is 1. The molecule has 3 atom stereocenters. The Morgan fingerprint density at radius 2 is 1.93 bits per heavy atom. The lowest BCUT2D eigenvalue weighted by Gasteiger charge is -2.38. The lowest BCUT2D eigenvalue weighted by atomic mass is 9.69. The quantitative estimate of drug-likeness (QED) is 0.577. The summed E-state index contributed by atoms with van der Waals surface area (Å²) in [5.41, 5.74) is 4.30. The molecule has 10 nitrogen and oxygen atoms in total. The molecule has 0 radical (unpaired) electrons. The first-order valence-electron chi connectivity index (χ1n) is 9.32. The van der Waals surface area contributed by atoms with Crippen LogP contribution in [-0.2, 0) is 11.3 Å². The molecule has 3 unspecified atom stereocenters. The van der Waals surface area contributed by atoms with Crippen LogP contribution in [0.1, 0.15) is 47.3 Å². The molecular weight excluding hydrogens is 366 g/mol. The highest BCUT2D eigenvalue weighted by molar-refractivity contribution is 5.71. The topological polar surface area (TPSA) is 148 Å². The van der Waals surface area contributed by atoms with E-state index < -0.39 is 29.7 Å². The molecule has 0 bridgehead atoms. The SMILES string of the molecule is CC(C)(C)C(C)(C)Cn1c(=O)n(C2OC(CO)CC2O)c2nc(N)[nH]c(=O)c21. The summed E-state index contributed by atoms with van der Waals surface area (Å²) in [6, 6.07) is 0. The van der Waals surface area contributed by atoms with Crippen molar-refractivity contribution in [3.05, 3.63) is 20.8 Å². The Morgan fingerprint density at radius 3 is 2.46 bits per heavy atom. The van der Waals surface area contributed by atoms with Crippen LogP contribution < -0.4 is 17.0 Å². The molecule has 3 rings (SSSR count). The van der Waals surface area contributed by atoms with Crippen molar-refractivity contribution in [2.24, 2.45) is 10.8 Å². The summed E-state index contributed by atoms with van der Waals surface area (Å²) >= 11 is 0. The summed E-state index contributed by atoms with van der Waals surface area (Å²) in [5, 5.41) is 19.7. The number of anilines is 1. The highest BCUT2D eigenvalue weighted by atomic mass is 16.5. The Labute approximate surface area is 162 Å². The zero-order valence-electron chi connectivity index (χ0n) is 16.9. The molecule has 156 valence electrons. The van der Waals surface area contributed by atoms with E-state index >= 15 is 0 Å². The number of nitrogens with zero attached hydrogens (tertiary/aromatic N) is 3. The van der Waals surface area contributed by atoms with Crippen molar-refractivity contribution < 1.29 is 14.9 Å². The Morgan fingerprint density at radius 1 is 1.29 bits per heavy atom. The van der Waals surface area contributed by atoms with E-state index in [-0.39, 0.29) is 47.5 Å². The molecule has 0 spiro atoms. The van der Waals surface area contributed by atoms with E-state index in [1.807, 2.05) is 13.8 Å². The van der Waals surface area contributed by atoms with Crippen molar-refractivity contribution in [2.75, 3.05) is 12.3 Å². The summed E-state index contributed by atoms with van der Waals surface area (Å²) < 4.78 is 8.18. The Hall–Kier alpha value is -2.17. The Bertz CT molecular complexity index is 997. The summed E-state index contributed by atoms with van der Waals surface area (Å²) in [4.78, 5) is 32.6. The van der Waals surface area contributed by atoms with Gasteiger partial charge in [0.25, 0.3) is 5.56 Å². The second-order valence-electron chi connectivity index (χ2n) is 9.13. The van der Waals surface area contributed by atoms with Gasteiger partial charge < -0.3 is 20.7 Å². The van der Waals surface area contributed by atoms with E-state index in [1.54, 1.807) is 0 Å². The monoisotopic (exact) mass is 395 g/mol. The van der Waals surface area contributed by atoms with E-state index in [9.17, 15) is 19.8 Å². The van der Waals surface area contributed by atoms with Gasteiger partial charge in [-0.05, 0) is 10.8 Å². The van der Waals surface area contributed by atoms with E-state index in [4.69, 9.17) is 10.5 Å². The Balaban J connectivity index is 2.25. The molecule has 2 aromatic heterocycles. The van der Waals surface area contributed by atoms with E-state index in [2.05, 4.69) is 30.7 Å². The number of aliphatic hydroxyl groups is 2. The number of nitrogens with two attached hydrogens (primary N) is 1. The second kappa shape index (κ2) is 6.71. The van der Waals surface area contributed by atoms with Gasteiger partial charge in [-0.15, -0.1) is 0 Å². The van der Waals surface area contributed by atoms with Gasteiger partial charge >= 0.3 is 5.69 Å². The van der Waals surface area contributed by atoms with Crippen molar-refractivity contribution in [3.8, 4) is 0 Å². The minimum Gasteiger partial charge on any atom is -0.394 e. The Kier molecular flexibility index (Phi) is 4.93. The average molecular weight is 395 g/mol. The van der Waals surface area contributed by atoms with Gasteiger partial charge in [0.15, 0.2) is 17.4 Å². The third kappa shape index (κ3) is 3.25. The van der Waals surface area contributed by atoms with Crippen molar-refractivity contribution in [3.63, 3.8) is 0 Å². The van der Waals surface area contributed by atoms with Crippen molar-refractivity contribution in [1.82, 2.24) is 19.1 Å². The highest BCUT2D eigenvalue weighted by Gasteiger charge is 2.40. The van der Waals surface area contributed by atoms with Crippen LogP contribution >= 0.6 is 0 Å². The van der Waals surface area contributed by atoms with Gasteiger partial charge in [0, 0.05) is 13.0 Å². The largest absolute Gasteiger partial charge is 0.394 e. The molecule has 0 saturated carbocycles. The highest BCUT2D eigenvalue weighted by Crippen LogP contribution is 2.39. The zero-order chi connectivity index (χ0) is 21.0. The van der Waals surface area contributed by atoms with E-state index in [0.717, 1.165) is 0 Å². The van der Waals surface area contributed by atoms with Crippen LogP contribution in [0.2, 0.25) is 0 Å². The van der Waals surface area contributed by atoms with Crippen LogP contribution in [0.3, 0.4) is 0 Å². The fourth-order valence-corrected chi connectivity index (χ4v) is 3.29. The van der Waals surface area contributed by atoms with Crippen LogP contribution in [0, 0.1) is 10.8 Å². The number of hydrogen-bond acceptors (Lipinski definition) is 7. The maximum Gasteiger partial charge on any atom is 0.332 e. The van der Waals surface area contributed by atoms with Crippen molar-refractivity contribution in [1.29, 1.82) is 0 Å². The molecule has 28 heavy (non-hydrogen) atoms. The molecule has 1 aliphatic rings. The molecule has 1 fully saturated rings. The van der Waals surface area contributed by atoms with Gasteiger partial charge in [-0.3, -0.25) is 14.3 Å². The number of nitrogens with one attached hydrogen (secondary N) is 1. The van der Waals surface area contributed by atoms with Gasteiger partial charge in [-0.25, -0.2) is 9.36 Å². The normalized spacial score (nSPS) is 23.6. The van der Waals surface area contributed by atoms with Crippen LogP contribution in [-0.4, -0.2) is 48.1 Å². The van der Waals surface area contributed by atoms with Gasteiger partial charge in [-0.1, -0.05) is 34.6 Å². The number of hydrogen-bond donors (Lipinski definition) is 4. The maximum absolute atomic E-state index is 13.3. The number of imidazole rings is 1. The molecule has 10 heteroatoms. The standard InChI is InChI=1S/C18H29N5O5/c1-17(2,3)18(4,5)8-22-11-12(20-15(19)21-13(11)26)23(16(22)27)14-10(25)6-9(7-24)28-14/h9-10,14,24-25H,6-8H2,1-5H3,(H3,19,20,21,26). The number of H-pyrrole nitrogens is 1. The molecule has 0 amide bonds. The minimum atomic E-state index is -1.06. The number of nitrogen functional groups attached to an aromatic ring is 1. The fraction of sp³-hybridized carbons (Fsp3) is 0.722. The van der Waals surface area contributed by atoms with E-state index in [1.165, 1.54) is 9.13 Å². The number of rotatable bonds is 4. The first-order valence-corrected chi connectivity index (χ1v) is 9.32. The van der Waals surface area contributed by atoms with Gasteiger partial charge in [0.1, 0.15) is 6.10 Å². The minimum absolute atomic E-state index is 0.0543. The zero-order valence-corrected chi connectivity index (χ0v) is 16.9. The molecule has 5 N–H and O–H groups in total. The lowest BCUT2D eigenvalue weighted by molar-refractivity contribution is -0.0508. The summed E-state index contributed by atoms with van der Waals surface area (Å²) in [5.74, 6) is -0.135. The molecule has 0 aromatic carbocycles. The number of aromatic nitrogens is 4. The fourth-order valence-electron chi connectivity index (χ4n) is 3.29. The molecule has 3 heterocycles. The number of ether oxygens (including phenoxy) is 1. The van der Waals surface area contributed by atoms with Crippen molar-refractivity contribution in [2.45, 2.75) is 66.0 Å². The predicted molar refractivity (Wildman–Crippen MR) is 104 cm³/mol. The molecule has 0 aliphatic carbocycles. The number of aliphatic hydroxyl groups excluding tert-OH is 2. The summed E-state index contributed by atoms with van der Waals surface area (Å²) in [7, 11) is 0. The van der Waals surface area contributed by atoms with Gasteiger partial charge in [0.05, 0.1) is 12.7 Å². The van der Waals surface area contributed by atoms with Crippen LogP contribution in [0.15, 0.2) is 9.59 Å². The maximum atomic E-state index is 13.3. The van der Waals surface area contributed by atoms with Crippen LogP contribution in [0.5, 0.6) is 0 Å². The van der Waals surface area contributed by atoms with Crippen LogP contribution in [0.4, 0.5) is 5.95 Å². The molecule has 1 aliphatic heterocycles. The molecular formula is C18H29N5O5. The lowest BCUT2D eigenvalue weighted by Crippen LogP contribution is -2.39. The van der Waals surface area contributed by atoms with Gasteiger partial charge in [0.2, 0.25) is 5.95 Å². The third-order valence-electron chi connectivity index (χ3n) is 6.04. The first kappa shape index (κ1) is 20.6. The summed E-state index contributed by atoms with van der Waals surface area (Å²) in [6.07, 6.45) is -2.51. The van der Waals surface area contributed by atoms with E-state index in [0.29, 0.717) is 0 Å². The molecule has 1 saturated heterocycles. The predicted octanol–water partition coefficient (Wildman–Crippen LogP) is 0.182. The van der Waals surface area contributed by atoms with Crippen LogP contribution in [0.25, 0.3) is 11.2 Å². The van der Waals surface area contributed by atoms with Crippen molar-refractivity contribution >= 4 is 17.1 Å². The molecule has 2 aromatic rings. The smallest absolute Gasteiger partial charge is 0.332 e. The van der Waals surface area contributed by atoms with Gasteiger partial charge in [-0.2, -0.15) is 4.98 Å². The first-order chi connectivity index (χ1) is 12.9. The third-order valence-corrected chi connectivity index (χ3v) is 6.04. The number of fused-ring (bicyclic) bond motifs is 1.